The van der Waals surface area contributed by atoms with E-state index in [1.54, 1.807) is 20.8 Å². The van der Waals surface area contributed by atoms with Crippen LogP contribution in [0.2, 0.25) is 0 Å². The number of hydrogen-bond donors (Lipinski definition) is 2. The maximum atomic E-state index is 12.2. The third-order valence-corrected chi connectivity index (χ3v) is 5.86. The summed E-state index contributed by atoms with van der Waals surface area (Å²) >= 11 is 1.14. The maximum Gasteiger partial charge on any atom is 0.421 e. The molecule has 0 heterocycles. The van der Waals surface area contributed by atoms with Crippen LogP contribution in [0.15, 0.2) is 0 Å². The first kappa shape index (κ1) is 27.6. The molecule has 29 heavy (non-hydrogen) atoms. The fraction of sp³-hybridized carbons (Fsp3) is 0.824. The van der Waals surface area contributed by atoms with Crippen LogP contribution >= 0.6 is 11.8 Å². The lowest BCUT2D eigenvalue weighted by Crippen LogP contribution is -2.44. The zero-order valence-electron chi connectivity index (χ0n) is 17.7. The molecule has 2 atom stereocenters. The lowest BCUT2D eigenvalue weighted by Gasteiger charge is -2.27. The van der Waals surface area contributed by atoms with Crippen molar-refractivity contribution in [2.75, 3.05) is 12.4 Å². The number of amides is 3. The Morgan fingerprint density at radius 3 is 2.21 bits per heavy atom. The third kappa shape index (κ3) is 12.0. The van der Waals surface area contributed by atoms with Gasteiger partial charge in [0.1, 0.15) is 0 Å². The molecular weight excluding hydrogens is 422 g/mol. The minimum absolute atomic E-state index is 0.0228. The fourth-order valence-corrected chi connectivity index (χ4v) is 4.19. The number of hydrogen-bond acceptors (Lipinski definition) is 8. The van der Waals surface area contributed by atoms with Crippen LogP contribution in [-0.4, -0.2) is 48.9 Å². The van der Waals surface area contributed by atoms with Gasteiger partial charge in [0.05, 0.1) is 12.6 Å². The molecule has 0 aromatic heterocycles. The Balaban J connectivity index is 4.85. The first-order valence-corrected chi connectivity index (χ1v) is 11.6. The van der Waals surface area contributed by atoms with E-state index in [-0.39, 0.29) is 18.1 Å². The number of carbonyl (C=O) groups excluding carboxylic acids is 3. The zero-order chi connectivity index (χ0) is 22.8. The average Bonchev–Trinajstić information content (AvgIpc) is 2.57. The van der Waals surface area contributed by atoms with Gasteiger partial charge in [-0.3, -0.25) is 9.59 Å². The summed E-state index contributed by atoms with van der Waals surface area (Å²) in [6.07, 6.45) is 1.67. The van der Waals surface area contributed by atoms with Crippen molar-refractivity contribution in [3.05, 3.63) is 0 Å². The van der Waals surface area contributed by atoms with Gasteiger partial charge < -0.3 is 11.5 Å². The normalized spacial score (nSPS) is 14.2. The molecule has 0 aliphatic carbocycles. The van der Waals surface area contributed by atoms with E-state index in [1.807, 2.05) is 0 Å². The Hall–Kier alpha value is -1.37. The van der Waals surface area contributed by atoms with E-state index in [9.17, 15) is 22.8 Å². The fourth-order valence-electron chi connectivity index (χ4n) is 2.33. The van der Waals surface area contributed by atoms with Gasteiger partial charge in [-0.25, -0.2) is 8.98 Å². The van der Waals surface area contributed by atoms with Gasteiger partial charge in [0.15, 0.2) is 5.12 Å². The molecule has 0 aromatic rings. The highest BCUT2D eigenvalue weighted by molar-refractivity contribution is 8.13. The standard InChI is InChI=1S/C17H33N3O7S2/c1-6-14(15(18)22)8-7-12(2)20(16(19)23)27-29(24,25)26-11-17(4,5)9-10-28-13(3)21/h12,14H,6-11H2,1-5H3,(H2,18,22)(H2,19,23)/t12-,14-/m0/s1. The minimum Gasteiger partial charge on any atom is -0.369 e. The van der Waals surface area contributed by atoms with Crippen LogP contribution in [0.5, 0.6) is 0 Å². The monoisotopic (exact) mass is 455 g/mol. The molecule has 10 nitrogen and oxygen atoms in total. The molecule has 0 spiro atoms. The smallest absolute Gasteiger partial charge is 0.369 e. The maximum absolute atomic E-state index is 12.2. The summed E-state index contributed by atoms with van der Waals surface area (Å²) < 4.78 is 34.0. The second-order valence-corrected chi connectivity index (χ2v) is 10.1. The highest BCUT2D eigenvalue weighted by Gasteiger charge is 2.30. The topological polar surface area (TPSA) is 159 Å². The highest BCUT2D eigenvalue weighted by Crippen LogP contribution is 2.25. The Kier molecular flexibility index (Phi) is 11.8. The number of nitrogens with two attached hydrogens (primary N) is 2. The quantitative estimate of drug-likeness (QED) is 0.376. The lowest BCUT2D eigenvalue weighted by molar-refractivity contribution is -0.122. The predicted molar refractivity (Wildman–Crippen MR) is 111 cm³/mol. The van der Waals surface area contributed by atoms with Crippen molar-refractivity contribution in [1.29, 1.82) is 0 Å². The summed E-state index contributed by atoms with van der Waals surface area (Å²) in [6, 6.07) is -1.83. The van der Waals surface area contributed by atoms with Crippen LogP contribution in [-0.2, 0) is 28.5 Å². The summed E-state index contributed by atoms with van der Waals surface area (Å²) in [5, 5.41) is 0.493. The number of rotatable bonds is 14. The number of primary amides is 2. The van der Waals surface area contributed by atoms with E-state index in [1.165, 1.54) is 13.8 Å². The van der Waals surface area contributed by atoms with Gasteiger partial charge in [-0.15, -0.1) is 4.28 Å². The van der Waals surface area contributed by atoms with E-state index < -0.39 is 39.7 Å². The molecule has 3 amide bonds. The Morgan fingerprint density at radius 1 is 1.17 bits per heavy atom. The molecule has 0 fully saturated rings. The largest absolute Gasteiger partial charge is 0.421 e. The average molecular weight is 456 g/mol. The summed E-state index contributed by atoms with van der Waals surface area (Å²) in [7, 11) is -4.55. The summed E-state index contributed by atoms with van der Waals surface area (Å²) in [5.74, 6) is -0.337. The van der Waals surface area contributed by atoms with Crippen molar-refractivity contribution >= 4 is 39.2 Å². The number of nitrogens with zero attached hydrogens (tertiary/aromatic N) is 1. The second-order valence-electron chi connectivity index (χ2n) is 7.60. The van der Waals surface area contributed by atoms with Gasteiger partial charge in [0, 0.05) is 18.6 Å². The first-order chi connectivity index (χ1) is 13.2. The minimum atomic E-state index is -4.55. The van der Waals surface area contributed by atoms with Crippen molar-refractivity contribution in [2.24, 2.45) is 22.8 Å². The number of carbonyl (C=O) groups is 3. The van der Waals surface area contributed by atoms with Gasteiger partial charge in [-0.1, -0.05) is 32.5 Å². The van der Waals surface area contributed by atoms with Crippen molar-refractivity contribution in [2.45, 2.75) is 66.3 Å². The molecule has 0 aliphatic heterocycles. The van der Waals surface area contributed by atoms with Crippen molar-refractivity contribution < 1.29 is 31.3 Å². The molecule has 0 radical (unpaired) electrons. The van der Waals surface area contributed by atoms with Crippen LogP contribution < -0.4 is 11.5 Å². The van der Waals surface area contributed by atoms with Crippen LogP contribution in [0.3, 0.4) is 0 Å². The van der Waals surface area contributed by atoms with Crippen LogP contribution in [0.1, 0.15) is 60.3 Å². The van der Waals surface area contributed by atoms with E-state index in [4.69, 9.17) is 19.9 Å². The molecule has 4 N–H and O–H groups in total. The SMILES string of the molecule is CC[C@@H](CC[C@H](C)N(OS(=O)(=O)OCC(C)(C)CCSC(C)=O)C(N)=O)C(N)=O. The van der Waals surface area contributed by atoms with Gasteiger partial charge in [-0.05, 0) is 38.0 Å². The molecule has 0 saturated carbocycles. The third-order valence-electron chi connectivity index (χ3n) is 4.30. The summed E-state index contributed by atoms with van der Waals surface area (Å²) in [4.78, 5) is 34.0. The van der Waals surface area contributed by atoms with Gasteiger partial charge >= 0.3 is 16.4 Å². The Morgan fingerprint density at radius 2 is 1.76 bits per heavy atom. The number of urea groups is 1. The van der Waals surface area contributed by atoms with Gasteiger partial charge in [0.2, 0.25) is 5.91 Å². The Labute approximate surface area is 177 Å². The van der Waals surface area contributed by atoms with Crippen LogP contribution in [0.4, 0.5) is 4.79 Å². The van der Waals surface area contributed by atoms with E-state index in [2.05, 4.69) is 0 Å². The predicted octanol–water partition coefficient (Wildman–Crippen LogP) is 1.94. The highest BCUT2D eigenvalue weighted by atomic mass is 32.3. The number of thioether (sulfide) groups is 1. The van der Waals surface area contributed by atoms with Gasteiger partial charge in [-0.2, -0.15) is 13.5 Å². The van der Waals surface area contributed by atoms with Crippen molar-refractivity contribution in [3.8, 4) is 0 Å². The van der Waals surface area contributed by atoms with Crippen LogP contribution in [0.25, 0.3) is 0 Å². The number of hydroxylamine groups is 2. The lowest BCUT2D eigenvalue weighted by atomic mass is 9.92. The first-order valence-electron chi connectivity index (χ1n) is 9.31. The molecule has 0 unspecified atom stereocenters. The Bertz CT molecular complexity index is 668. The molecule has 0 bridgehead atoms. The molecule has 0 saturated heterocycles. The molecule has 0 rings (SSSR count). The summed E-state index contributed by atoms with van der Waals surface area (Å²) in [6.45, 7) is 8.17. The molecule has 0 aliphatic rings. The van der Waals surface area contributed by atoms with E-state index in [0.717, 1.165) is 11.8 Å². The van der Waals surface area contributed by atoms with Crippen molar-refractivity contribution in [1.82, 2.24) is 5.06 Å². The molecular formula is C17H33N3O7S2. The van der Waals surface area contributed by atoms with E-state index in [0.29, 0.717) is 30.1 Å². The van der Waals surface area contributed by atoms with E-state index >= 15 is 0 Å². The molecule has 12 heteroatoms. The zero-order valence-corrected chi connectivity index (χ0v) is 19.3. The van der Waals surface area contributed by atoms with Crippen LogP contribution in [0, 0.1) is 11.3 Å². The van der Waals surface area contributed by atoms with Gasteiger partial charge in [0.25, 0.3) is 0 Å². The second kappa shape index (κ2) is 12.4. The molecule has 170 valence electrons. The summed E-state index contributed by atoms with van der Waals surface area (Å²) in [5.41, 5.74) is 9.98. The van der Waals surface area contributed by atoms with Crippen molar-refractivity contribution in [3.63, 3.8) is 0 Å². The molecule has 0 aromatic carbocycles.